The lowest BCUT2D eigenvalue weighted by Gasteiger charge is -2.14. The van der Waals surface area contributed by atoms with Gasteiger partial charge in [-0.2, -0.15) is 0 Å². The normalized spacial score (nSPS) is 15.2. The molecule has 0 spiro atoms. The SMILES string of the molecule is CCN1C(=O)C(=O)N(CC(=O)Nc2cccc(S(C)(=O)=O)c2)C1=O. The monoisotopic (exact) mass is 353 g/mol. The van der Waals surface area contributed by atoms with Gasteiger partial charge in [0.05, 0.1) is 4.90 Å². The fourth-order valence-corrected chi connectivity index (χ4v) is 2.78. The van der Waals surface area contributed by atoms with Crippen molar-refractivity contribution in [1.29, 1.82) is 0 Å². The standard InChI is InChI=1S/C14H15N3O6S/c1-3-16-12(19)13(20)17(14(16)21)8-11(18)15-9-5-4-6-10(7-9)24(2,22)23/h4-7H,3,8H2,1-2H3,(H,15,18). The number of imide groups is 2. The van der Waals surface area contributed by atoms with Gasteiger partial charge in [-0.3, -0.25) is 19.3 Å². The lowest BCUT2D eigenvalue weighted by Crippen LogP contribution is -2.39. The Balaban J connectivity index is 2.11. The summed E-state index contributed by atoms with van der Waals surface area (Å²) in [6, 6.07) is 4.68. The van der Waals surface area contributed by atoms with Crippen LogP contribution in [0.3, 0.4) is 0 Å². The molecule has 0 aliphatic carbocycles. The van der Waals surface area contributed by atoms with Crippen molar-refractivity contribution in [2.75, 3.05) is 24.7 Å². The number of benzene rings is 1. The van der Waals surface area contributed by atoms with Crippen LogP contribution >= 0.6 is 0 Å². The van der Waals surface area contributed by atoms with E-state index in [1.165, 1.54) is 31.2 Å². The molecule has 10 heteroatoms. The summed E-state index contributed by atoms with van der Waals surface area (Å²) in [4.78, 5) is 48.4. The largest absolute Gasteiger partial charge is 0.334 e. The minimum Gasteiger partial charge on any atom is -0.324 e. The number of sulfone groups is 1. The zero-order valence-electron chi connectivity index (χ0n) is 13.0. The molecule has 1 saturated heterocycles. The van der Waals surface area contributed by atoms with Gasteiger partial charge in [0.25, 0.3) is 0 Å². The highest BCUT2D eigenvalue weighted by atomic mass is 32.2. The Morgan fingerprint density at radius 3 is 2.29 bits per heavy atom. The van der Waals surface area contributed by atoms with Crippen LogP contribution in [0.1, 0.15) is 6.92 Å². The van der Waals surface area contributed by atoms with Crippen molar-refractivity contribution >= 4 is 39.3 Å². The van der Waals surface area contributed by atoms with E-state index in [0.717, 1.165) is 11.2 Å². The highest BCUT2D eigenvalue weighted by Crippen LogP contribution is 2.16. The molecule has 1 N–H and O–H groups in total. The van der Waals surface area contributed by atoms with Crippen LogP contribution in [0, 0.1) is 0 Å². The molecule has 1 aromatic rings. The van der Waals surface area contributed by atoms with Gasteiger partial charge < -0.3 is 5.32 Å². The van der Waals surface area contributed by atoms with Crippen LogP contribution in [-0.2, 0) is 24.2 Å². The van der Waals surface area contributed by atoms with Crippen molar-refractivity contribution in [3.8, 4) is 0 Å². The van der Waals surface area contributed by atoms with Gasteiger partial charge in [-0.15, -0.1) is 0 Å². The number of urea groups is 1. The topological polar surface area (TPSA) is 121 Å². The molecular formula is C14H15N3O6S. The van der Waals surface area contributed by atoms with Crippen LogP contribution in [-0.4, -0.2) is 61.3 Å². The molecule has 128 valence electrons. The molecule has 0 unspecified atom stereocenters. The first-order valence-electron chi connectivity index (χ1n) is 6.92. The number of carbonyl (C=O) groups excluding carboxylic acids is 4. The predicted octanol–water partition coefficient (Wildman–Crippen LogP) is -0.161. The second kappa shape index (κ2) is 6.40. The molecule has 1 aliphatic rings. The molecule has 9 nitrogen and oxygen atoms in total. The molecule has 24 heavy (non-hydrogen) atoms. The van der Waals surface area contributed by atoms with Crippen LogP contribution in [0.15, 0.2) is 29.2 Å². The van der Waals surface area contributed by atoms with Crippen LogP contribution in [0.25, 0.3) is 0 Å². The zero-order valence-corrected chi connectivity index (χ0v) is 13.8. The summed E-state index contributed by atoms with van der Waals surface area (Å²) < 4.78 is 23.0. The highest BCUT2D eigenvalue weighted by Gasteiger charge is 2.44. The smallest absolute Gasteiger partial charge is 0.324 e. The molecule has 0 aromatic heterocycles. The highest BCUT2D eigenvalue weighted by molar-refractivity contribution is 7.90. The van der Waals surface area contributed by atoms with Crippen LogP contribution in [0.5, 0.6) is 0 Å². The summed E-state index contributed by atoms with van der Waals surface area (Å²) in [7, 11) is -3.44. The average Bonchev–Trinajstić information content (AvgIpc) is 2.70. The van der Waals surface area contributed by atoms with Gasteiger partial charge in [0, 0.05) is 18.5 Å². The Hall–Kier alpha value is -2.75. The number of hydrogen-bond donors (Lipinski definition) is 1. The molecule has 0 saturated carbocycles. The Bertz CT molecular complexity index is 833. The van der Waals surface area contributed by atoms with Crippen molar-refractivity contribution in [3.63, 3.8) is 0 Å². The Labute approximate surface area is 138 Å². The van der Waals surface area contributed by atoms with E-state index < -0.39 is 40.1 Å². The van der Waals surface area contributed by atoms with Crippen molar-refractivity contribution in [1.82, 2.24) is 9.80 Å². The fraction of sp³-hybridized carbons (Fsp3) is 0.286. The number of likely N-dealkylation sites (N-methyl/N-ethyl adjacent to an activating group) is 1. The predicted molar refractivity (Wildman–Crippen MR) is 82.7 cm³/mol. The maximum absolute atomic E-state index is 12.0. The fourth-order valence-electron chi connectivity index (χ4n) is 2.12. The molecule has 1 heterocycles. The van der Waals surface area contributed by atoms with Gasteiger partial charge in [-0.1, -0.05) is 6.07 Å². The number of carbonyl (C=O) groups is 4. The average molecular weight is 353 g/mol. The molecular weight excluding hydrogens is 338 g/mol. The van der Waals surface area contributed by atoms with Gasteiger partial charge >= 0.3 is 17.8 Å². The molecule has 1 aliphatic heterocycles. The first-order valence-corrected chi connectivity index (χ1v) is 8.81. The Morgan fingerprint density at radius 2 is 1.75 bits per heavy atom. The van der Waals surface area contributed by atoms with E-state index in [-0.39, 0.29) is 17.1 Å². The van der Waals surface area contributed by atoms with E-state index in [2.05, 4.69) is 5.32 Å². The molecule has 1 fully saturated rings. The lowest BCUT2D eigenvalue weighted by atomic mass is 10.3. The number of anilines is 1. The zero-order chi connectivity index (χ0) is 18.1. The third-order valence-electron chi connectivity index (χ3n) is 3.30. The van der Waals surface area contributed by atoms with Crippen LogP contribution in [0.4, 0.5) is 10.5 Å². The quantitative estimate of drug-likeness (QED) is 0.580. The van der Waals surface area contributed by atoms with E-state index in [1.807, 2.05) is 0 Å². The van der Waals surface area contributed by atoms with Gasteiger partial charge in [0.1, 0.15) is 6.54 Å². The number of hydrogen-bond acceptors (Lipinski definition) is 6. The molecule has 2 rings (SSSR count). The van der Waals surface area contributed by atoms with Crippen LogP contribution < -0.4 is 5.32 Å². The Morgan fingerprint density at radius 1 is 1.12 bits per heavy atom. The minimum absolute atomic E-state index is 0.0148. The number of rotatable bonds is 5. The van der Waals surface area contributed by atoms with E-state index in [9.17, 15) is 27.6 Å². The summed E-state index contributed by atoms with van der Waals surface area (Å²) >= 11 is 0. The second-order valence-corrected chi connectivity index (χ2v) is 7.09. The maximum Gasteiger partial charge on any atom is 0.334 e. The third-order valence-corrected chi connectivity index (χ3v) is 4.41. The molecule has 0 atom stereocenters. The second-order valence-electron chi connectivity index (χ2n) is 5.07. The van der Waals surface area contributed by atoms with E-state index in [4.69, 9.17) is 0 Å². The third kappa shape index (κ3) is 3.43. The van der Waals surface area contributed by atoms with Gasteiger partial charge in [0.15, 0.2) is 9.84 Å². The summed E-state index contributed by atoms with van der Waals surface area (Å²) in [5.41, 5.74) is 0.195. The molecule has 0 radical (unpaired) electrons. The van der Waals surface area contributed by atoms with Crippen LogP contribution in [0.2, 0.25) is 0 Å². The number of amides is 5. The molecule has 1 aromatic carbocycles. The van der Waals surface area contributed by atoms with Crippen molar-refractivity contribution in [2.24, 2.45) is 0 Å². The van der Waals surface area contributed by atoms with Crippen molar-refractivity contribution in [3.05, 3.63) is 24.3 Å². The van der Waals surface area contributed by atoms with Gasteiger partial charge in [0.2, 0.25) is 5.91 Å². The molecule has 5 amide bonds. The van der Waals surface area contributed by atoms with E-state index in [0.29, 0.717) is 4.90 Å². The lowest BCUT2D eigenvalue weighted by molar-refractivity contribution is -0.143. The first kappa shape index (κ1) is 17.6. The van der Waals surface area contributed by atoms with Crippen molar-refractivity contribution in [2.45, 2.75) is 11.8 Å². The summed E-state index contributed by atoms with van der Waals surface area (Å²) in [6.07, 6.45) is 1.03. The van der Waals surface area contributed by atoms with E-state index in [1.54, 1.807) is 0 Å². The first-order chi connectivity index (χ1) is 11.1. The number of nitrogens with one attached hydrogen (secondary N) is 1. The van der Waals surface area contributed by atoms with E-state index >= 15 is 0 Å². The Kier molecular flexibility index (Phi) is 4.69. The van der Waals surface area contributed by atoms with Crippen molar-refractivity contribution < 1.29 is 27.6 Å². The number of nitrogens with zero attached hydrogens (tertiary/aromatic N) is 2. The summed E-state index contributed by atoms with van der Waals surface area (Å²) in [5.74, 6) is -2.77. The summed E-state index contributed by atoms with van der Waals surface area (Å²) in [6.45, 7) is 0.921. The molecule has 0 bridgehead atoms. The maximum atomic E-state index is 12.0. The van der Waals surface area contributed by atoms with Gasteiger partial charge in [-0.25, -0.2) is 18.1 Å². The minimum atomic E-state index is -3.44. The van der Waals surface area contributed by atoms with Gasteiger partial charge in [-0.05, 0) is 25.1 Å². The summed E-state index contributed by atoms with van der Waals surface area (Å²) in [5, 5.41) is 2.39.